The van der Waals surface area contributed by atoms with E-state index in [1.54, 1.807) is 12.4 Å². The van der Waals surface area contributed by atoms with Crippen LogP contribution >= 0.6 is 0 Å². The molecule has 2 rings (SSSR count). The maximum Gasteiger partial charge on any atom is 0.129 e. The highest BCUT2D eigenvalue weighted by Gasteiger charge is 2.09. The minimum absolute atomic E-state index is 0.950. The fraction of sp³-hybridized carbons (Fsp3) is 0.600. The SMILES string of the molecule is c1cnc(CCN2CCNCC2)nc1. The van der Waals surface area contributed by atoms with Crippen molar-refractivity contribution < 1.29 is 0 Å². The fourth-order valence-corrected chi connectivity index (χ4v) is 1.65. The van der Waals surface area contributed by atoms with Crippen molar-refractivity contribution in [2.75, 3.05) is 32.7 Å². The van der Waals surface area contributed by atoms with Crippen LogP contribution in [0, 0.1) is 0 Å². The third kappa shape index (κ3) is 2.75. The van der Waals surface area contributed by atoms with Crippen molar-refractivity contribution in [1.82, 2.24) is 20.2 Å². The van der Waals surface area contributed by atoms with Gasteiger partial charge in [-0.05, 0) is 6.07 Å². The standard InChI is InChI=1S/C10H16N4/c1-3-12-10(13-4-1)2-7-14-8-5-11-6-9-14/h1,3-4,11H,2,5-9H2. The summed E-state index contributed by atoms with van der Waals surface area (Å²) in [7, 11) is 0. The van der Waals surface area contributed by atoms with Gasteiger partial charge in [-0.3, -0.25) is 0 Å². The van der Waals surface area contributed by atoms with Gasteiger partial charge < -0.3 is 10.2 Å². The molecule has 1 aromatic heterocycles. The van der Waals surface area contributed by atoms with Crippen LogP contribution in [0.25, 0.3) is 0 Å². The van der Waals surface area contributed by atoms with E-state index in [9.17, 15) is 0 Å². The van der Waals surface area contributed by atoms with Crippen LogP contribution in [0.1, 0.15) is 5.82 Å². The first-order chi connectivity index (χ1) is 6.95. The molecule has 0 atom stereocenters. The summed E-state index contributed by atoms with van der Waals surface area (Å²) < 4.78 is 0. The molecule has 0 spiro atoms. The Labute approximate surface area is 84.4 Å². The maximum absolute atomic E-state index is 4.21. The third-order valence-electron chi connectivity index (χ3n) is 2.48. The van der Waals surface area contributed by atoms with Crippen LogP contribution < -0.4 is 5.32 Å². The molecule has 2 heterocycles. The largest absolute Gasteiger partial charge is 0.314 e. The number of aromatic nitrogens is 2. The summed E-state index contributed by atoms with van der Waals surface area (Å²) in [6.07, 6.45) is 4.57. The first-order valence-electron chi connectivity index (χ1n) is 5.14. The van der Waals surface area contributed by atoms with E-state index >= 15 is 0 Å². The van der Waals surface area contributed by atoms with Crippen LogP contribution in [-0.2, 0) is 6.42 Å². The molecule has 0 bridgehead atoms. The lowest BCUT2D eigenvalue weighted by atomic mass is 10.3. The van der Waals surface area contributed by atoms with Crippen LogP contribution in [0.4, 0.5) is 0 Å². The van der Waals surface area contributed by atoms with Gasteiger partial charge in [-0.2, -0.15) is 0 Å². The molecular formula is C10H16N4. The van der Waals surface area contributed by atoms with Crippen molar-refractivity contribution in [2.45, 2.75) is 6.42 Å². The molecule has 0 radical (unpaired) electrons. The highest BCUT2D eigenvalue weighted by atomic mass is 15.2. The number of nitrogens with one attached hydrogen (secondary N) is 1. The molecule has 4 heteroatoms. The minimum atomic E-state index is 0.950. The quantitative estimate of drug-likeness (QED) is 0.727. The van der Waals surface area contributed by atoms with Gasteiger partial charge >= 0.3 is 0 Å². The predicted molar refractivity (Wildman–Crippen MR) is 55.0 cm³/mol. The number of piperazine rings is 1. The van der Waals surface area contributed by atoms with E-state index in [1.165, 1.54) is 0 Å². The van der Waals surface area contributed by atoms with Crippen LogP contribution in [-0.4, -0.2) is 47.6 Å². The van der Waals surface area contributed by atoms with Crippen LogP contribution in [0.2, 0.25) is 0 Å². The summed E-state index contributed by atoms with van der Waals surface area (Å²) in [5.74, 6) is 0.950. The molecule has 0 unspecified atom stereocenters. The Balaban J connectivity index is 1.76. The number of hydrogen-bond acceptors (Lipinski definition) is 4. The first kappa shape index (κ1) is 9.55. The molecular weight excluding hydrogens is 176 g/mol. The van der Waals surface area contributed by atoms with Gasteiger partial charge in [-0.1, -0.05) is 0 Å². The highest BCUT2D eigenvalue weighted by Crippen LogP contribution is 1.96. The fourth-order valence-electron chi connectivity index (χ4n) is 1.65. The number of rotatable bonds is 3. The molecule has 0 saturated carbocycles. The second kappa shape index (κ2) is 5.02. The van der Waals surface area contributed by atoms with Gasteiger partial charge in [0.05, 0.1) is 0 Å². The van der Waals surface area contributed by atoms with Gasteiger partial charge in [-0.15, -0.1) is 0 Å². The van der Waals surface area contributed by atoms with Gasteiger partial charge in [0.1, 0.15) is 5.82 Å². The van der Waals surface area contributed by atoms with E-state index in [-0.39, 0.29) is 0 Å². The Morgan fingerprint density at radius 1 is 1.21 bits per heavy atom. The average Bonchev–Trinajstić information content (AvgIpc) is 2.29. The summed E-state index contributed by atoms with van der Waals surface area (Å²) in [4.78, 5) is 10.9. The van der Waals surface area contributed by atoms with Gasteiger partial charge in [0.15, 0.2) is 0 Å². The normalized spacial score (nSPS) is 18.3. The van der Waals surface area contributed by atoms with Crippen molar-refractivity contribution in [1.29, 1.82) is 0 Å². The van der Waals surface area contributed by atoms with E-state index in [0.717, 1.165) is 45.0 Å². The molecule has 1 aliphatic heterocycles. The first-order valence-corrected chi connectivity index (χ1v) is 5.14. The smallest absolute Gasteiger partial charge is 0.129 e. The van der Waals surface area contributed by atoms with Crippen molar-refractivity contribution >= 4 is 0 Å². The zero-order valence-corrected chi connectivity index (χ0v) is 8.32. The molecule has 1 aromatic rings. The zero-order valence-electron chi connectivity index (χ0n) is 8.32. The molecule has 76 valence electrons. The Morgan fingerprint density at radius 2 is 1.93 bits per heavy atom. The molecule has 4 nitrogen and oxygen atoms in total. The second-order valence-electron chi connectivity index (χ2n) is 3.51. The summed E-state index contributed by atoms with van der Waals surface area (Å²) >= 11 is 0. The van der Waals surface area contributed by atoms with Crippen molar-refractivity contribution in [3.63, 3.8) is 0 Å². The number of nitrogens with zero attached hydrogens (tertiary/aromatic N) is 3. The van der Waals surface area contributed by atoms with Crippen LogP contribution in [0.5, 0.6) is 0 Å². The van der Waals surface area contributed by atoms with Gasteiger partial charge in [0.2, 0.25) is 0 Å². The van der Waals surface area contributed by atoms with E-state index in [4.69, 9.17) is 0 Å². The lowest BCUT2D eigenvalue weighted by Crippen LogP contribution is -2.44. The summed E-state index contributed by atoms with van der Waals surface area (Å²) in [6.45, 7) is 5.58. The van der Waals surface area contributed by atoms with Crippen molar-refractivity contribution in [2.24, 2.45) is 0 Å². The Kier molecular flexibility index (Phi) is 3.43. The van der Waals surface area contributed by atoms with Crippen LogP contribution in [0.3, 0.4) is 0 Å². The van der Waals surface area contributed by atoms with Crippen molar-refractivity contribution in [3.05, 3.63) is 24.3 Å². The summed E-state index contributed by atoms with van der Waals surface area (Å²) in [5.41, 5.74) is 0. The van der Waals surface area contributed by atoms with E-state index in [2.05, 4.69) is 20.2 Å². The Bertz CT molecular complexity index is 256. The minimum Gasteiger partial charge on any atom is -0.314 e. The topological polar surface area (TPSA) is 41.1 Å². The zero-order chi connectivity index (χ0) is 9.64. The second-order valence-corrected chi connectivity index (χ2v) is 3.51. The molecule has 0 aliphatic carbocycles. The molecule has 1 N–H and O–H groups in total. The van der Waals surface area contributed by atoms with Gasteiger partial charge in [0, 0.05) is 51.5 Å². The maximum atomic E-state index is 4.21. The average molecular weight is 192 g/mol. The van der Waals surface area contributed by atoms with Gasteiger partial charge in [0.25, 0.3) is 0 Å². The van der Waals surface area contributed by atoms with Crippen LogP contribution in [0.15, 0.2) is 18.5 Å². The molecule has 14 heavy (non-hydrogen) atoms. The van der Waals surface area contributed by atoms with Gasteiger partial charge in [-0.25, -0.2) is 9.97 Å². The van der Waals surface area contributed by atoms with E-state index in [0.29, 0.717) is 0 Å². The lowest BCUT2D eigenvalue weighted by molar-refractivity contribution is 0.242. The molecule has 1 aliphatic rings. The van der Waals surface area contributed by atoms with Crippen molar-refractivity contribution in [3.8, 4) is 0 Å². The molecule has 1 fully saturated rings. The van der Waals surface area contributed by atoms with E-state index in [1.807, 2.05) is 6.07 Å². The predicted octanol–water partition coefficient (Wildman–Crippen LogP) is -0.0757. The highest BCUT2D eigenvalue weighted by molar-refractivity contribution is 4.89. The van der Waals surface area contributed by atoms with E-state index < -0.39 is 0 Å². The molecule has 1 saturated heterocycles. The lowest BCUT2D eigenvalue weighted by Gasteiger charge is -2.26. The summed E-state index contributed by atoms with van der Waals surface area (Å²) in [5, 5.41) is 3.34. The third-order valence-corrected chi connectivity index (χ3v) is 2.48. The number of hydrogen-bond donors (Lipinski definition) is 1. The summed E-state index contributed by atoms with van der Waals surface area (Å²) in [6, 6.07) is 1.86. The molecule has 0 aromatic carbocycles. The monoisotopic (exact) mass is 192 g/mol. The molecule has 0 amide bonds. The Morgan fingerprint density at radius 3 is 2.64 bits per heavy atom. The Hall–Kier alpha value is -1.00.